The quantitative estimate of drug-likeness (QED) is 0.301. The molecule has 2 aliphatic rings. The van der Waals surface area contributed by atoms with Crippen molar-refractivity contribution in [2.75, 3.05) is 37.7 Å². The third-order valence-corrected chi connectivity index (χ3v) is 4.98. The second-order valence-electron chi connectivity index (χ2n) is 6.65. The van der Waals surface area contributed by atoms with Crippen LogP contribution in [0.25, 0.3) is 0 Å². The van der Waals surface area contributed by atoms with Crippen LogP contribution in [0.3, 0.4) is 0 Å². The van der Waals surface area contributed by atoms with E-state index in [4.69, 9.17) is 9.73 Å². The van der Waals surface area contributed by atoms with Gasteiger partial charge in [0, 0.05) is 38.5 Å². The van der Waals surface area contributed by atoms with Crippen molar-refractivity contribution in [2.24, 2.45) is 10.4 Å². The van der Waals surface area contributed by atoms with Crippen molar-refractivity contribution in [2.45, 2.75) is 39.5 Å². The number of halogens is 1. The first kappa shape index (κ1) is 19.5. The zero-order valence-electron chi connectivity index (χ0n) is 14.9. The maximum Gasteiger partial charge on any atom is 0.198 e. The molecule has 1 N–H and O–H groups in total. The number of rotatable bonds is 7. The van der Waals surface area contributed by atoms with Gasteiger partial charge in [-0.05, 0) is 56.6 Å². The minimum absolute atomic E-state index is 0. The van der Waals surface area contributed by atoms with Crippen LogP contribution in [0.4, 0.5) is 5.69 Å². The zero-order chi connectivity index (χ0) is 16.1. The summed E-state index contributed by atoms with van der Waals surface area (Å²) in [4.78, 5) is 7.33. The van der Waals surface area contributed by atoms with Gasteiger partial charge in [0.1, 0.15) is 0 Å². The van der Waals surface area contributed by atoms with E-state index in [1.807, 2.05) is 0 Å². The summed E-state index contributed by atoms with van der Waals surface area (Å²) in [5.41, 5.74) is 3.14. The van der Waals surface area contributed by atoms with Crippen molar-refractivity contribution in [1.82, 2.24) is 5.32 Å². The Labute approximate surface area is 163 Å². The van der Waals surface area contributed by atoms with Gasteiger partial charge in [0.25, 0.3) is 0 Å². The third-order valence-electron chi connectivity index (χ3n) is 4.98. The maximum absolute atomic E-state index is 5.54. The van der Waals surface area contributed by atoms with E-state index in [9.17, 15) is 0 Å². The van der Waals surface area contributed by atoms with Gasteiger partial charge >= 0.3 is 0 Å². The summed E-state index contributed by atoms with van der Waals surface area (Å²) in [6.45, 7) is 8.73. The molecule has 0 spiro atoms. The van der Waals surface area contributed by atoms with Crippen LogP contribution in [0.15, 0.2) is 29.3 Å². The molecule has 1 fully saturated rings. The molecule has 3 rings (SSSR count). The molecule has 4 nitrogen and oxygen atoms in total. The summed E-state index contributed by atoms with van der Waals surface area (Å²) in [5, 5.41) is 3.48. The van der Waals surface area contributed by atoms with Crippen LogP contribution in [0.2, 0.25) is 0 Å². The summed E-state index contributed by atoms with van der Waals surface area (Å²) in [6.07, 6.45) is 4.83. The fraction of sp³-hybridized carbons (Fsp3) is 0.632. The highest BCUT2D eigenvalue weighted by molar-refractivity contribution is 14.0. The van der Waals surface area contributed by atoms with Gasteiger partial charge in [-0.15, -0.1) is 24.0 Å². The molecule has 1 saturated carbocycles. The molecule has 0 saturated heterocycles. The number of hydrogen-bond acceptors (Lipinski definition) is 2. The average molecular weight is 443 g/mol. The molecule has 24 heavy (non-hydrogen) atoms. The van der Waals surface area contributed by atoms with Crippen LogP contribution in [-0.2, 0) is 11.2 Å². The number of hydrogen-bond donors (Lipinski definition) is 1. The zero-order valence-corrected chi connectivity index (χ0v) is 17.2. The fourth-order valence-electron chi connectivity index (χ4n) is 3.29. The molecule has 0 aromatic heterocycles. The number of nitrogens with zero attached hydrogens (tertiary/aromatic N) is 2. The monoisotopic (exact) mass is 443 g/mol. The van der Waals surface area contributed by atoms with E-state index in [-0.39, 0.29) is 24.0 Å². The van der Waals surface area contributed by atoms with Crippen LogP contribution in [-0.4, -0.2) is 38.8 Å². The number of benzene rings is 1. The smallest absolute Gasteiger partial charge is 0.198 e. The molecule has 1 aliphatic heterocycles. The molecule has 0 unspecified atom stereocenters. The molecular weight excluding hydrogens is 413 g/mol. The normalized spacial score (nSPS) is 18.1. The van der Waals surface area contributed by atoms with E-state index in [2.05, 4.69) is 48.3 Å². The van der Waals surface area contributed by atoms with E-state index in [1.54, 1.807) is 0 Å². The van der Waals surface area contributed by atoms with Gasteiger partial charge in [-0.2, -0.15) is 0 Å². The Morgan fingerprint density at radius 1 is 1.29 bits per heavy atom. The molecule has 0 amide bonds. The first-order valence-corrected chi connectivity index (χ1v) is 8.99. The molecule has 1 heterocycles. The standard InChI is InChI=1S/C19H29N3O.HI/c1-3-20-18(21-15-19(10-11-19)12-14-23-4-2)22-13-9-16-7-5-6-8-17(16)22;/h5-8H,3-4,9-15H2,1-2H3,(H,20,21);1H. The molecule has 0 radical (unpaired) electrons. The second-order valence-corrected chi connectivity index (χ2v) is 6.65. The molecular formula is C19H30IN3O. The fourth-order valence-corrected chi connectivity index (χ4v) is 3.29. The lowest BCUT2D eigenvalue weighted by Crippen LogP contribution is -2.41. The summed E-state index contributed by atoms with van der Waals surface area (Å²) in [7, 11) is 0. The van der Waals surface area contributed by atoms with Crippen LogP contribution >= 0.6 is 24.0 Å². The van der Waals surface area contributed by atoms with Crippen molar-refractivity contribution in [3.05, 3.63) is 29.8 Å². The first-order valence-electron chi connectivity index (χ1n) is 8.99. The predicted octanol–water partition coefficient (Wildman–Crippen LogP) is 3.84. The number of fused-ring (bicyclic) bond motifs is 1. The van der Waals surface area contributed by atoms with Crippen molar-refractivity contribution >= 4 is 35.6 Å². The van der Waals surface area contributed by atoms with Gasteiger partial charge in [-0.3, -0.25) is 4.99 Å². The molecule has 0 bridgehead atoms. The van der Waals surface area contributed by atoms with Gasteiger partial charge in [-0.1, -0.05) is 18.2 Å². The molecule has 1 aromatic rings. The number of nitrogens with one attached hydrogen (secondary N) is 1. The van der Waals surface area contributed by atoms with E-state index in [1.165, 1.54) is 24.1 Å². The lowest BCUT2D eigenvalue weighted by Gasteiger charge is -2.23. The van der Waals surface area contributed by atoms with E-state index in [0.717, 1.165) is 51.6 Å². The molecule has 134 valence electrons. The SMILES string of the molecule is CCNC(=NCC1(CCOCC)CC1)N1CCc2ccccc21.I. The Morgan fingerprint density at radius 3 is 2.79 bits per heavy atom. The van der Waals surface area contributed by atoms with Crippen molar-refractivity contribution in [3.63, 3.8) is 0 Å². The summed E-state index contributed by atoms with van der Waals surface area (Å²) >= 11 is 0. The molecule has 1 aliphatic carbocycles. The van der Waals surface area contributed by atoms with Crippen LogP contribution in [0, 0.1) is 5.41 Å². The van der Waals surface area contributed by atoms with Gasteiger partial charge in [0.15, 0.2) is 5.96 Å². The van der Waals surface area contributed by atoms with E-state index < -0.39 is 0 Å². The van der Waals surface area contributed by atoms with Gasteiger partial charge in [-0.25, -0.2) is 0 Å². The highest BCUT2D eigenvalue weighted by Crippen LogP contribution is 2.49. The topological polar surface area (TPSA) is 36.9 Å². The van der Waals surface area contributed by atoms with E-state index in [0.29, 0.717) is 5.41 Å². The predicted molar refractivity (Wildman–Crippen MR) is 112 cm³/mol. The van der Waals surface area contributed by atoms with Crippen molar-refractivity contribution < 1.29 is 4.74 Å². The van der Waals surface area contributed by atoms with Crippen LogP contribution in [0.1, 0.15) is 38.7 Å². The van der Waals surface area contributed by atoms with Crippen LogP contribution in [0.5, 0.6) is 0 Å². The summed E-state index contributed by atoms with van der Waals surface area (Å²) in [5.74, 6) is 1.04. The van der Waals surface area contributed by atoms with Gasteiger partial charge in [0.2, 0.25) is 0 Å². The molecule has 5 heteroatoms. The first-order chi connectivity index (χ1) is 11.3. The maximum atomic E-state index is 5.54. The van der Waals surface area contributed by atoms with Crippen molar-refractivity contribution in [3.8, 4) is 0 Å². The van der Waals surface area contributed by atoms with E-state index >= 15 is 0 Å². The Kier molecular flexibility index (Phi) is 7.34. The molecule has 0 atom stereocenters. The average Bonchev–Trinajstić information content (AvgIpc) is 3.21. The lowest BCUT2D eigenvalue weighted by molar-refractivity contribution is 0.129. The summed E-state index contributed by atoms with van der Waals surface area (Å²) < 4.78 is 5.54. The highest BCUT2D eigenvalue weighted by atomic mass is 127. The lowest BCUT2D eigenvalue weighted by atomic mass is 10.0. The van der Waals surface area contributed by atoms with Gasteiger partial charge in [0.05, 0.1) is 0 Å². The minimum atomic E-state index is 0. The summed E-state index contributed by atoms with van der Waals surface area (Å²) in [6, 6.07) is 8.67. The Hall–Kier alpha value is -0.820. The molecule has 1 aromatic carbocycles. The third kappa shape index (κ3) is 4.63. The van der Waals surface area contributed by atoms with Gasteiger partial charge < -0.3 is 15.0 Å². The number of anilines is 1. The Morgan fingerprint density at radius 2 is 2.08 bits per heavy atom. The van der Waals surface area contributed by atoms with Crippen molar-refractivity contribution in [1.29, 1.82) is 0 Å². The Balaban J connectivity index is 0.00000208. The number of aliphatic imine (C=N–C) groups is 1. The minimum Gasteiger partial charge on any atom is -0.382 e. The second kappa shape index (κ2) is 9.04. The highest BCUT2D eigenvalue weighted by Gasteiger charge is 2.42. The largest absolute Gasteiger partial charge is 0.382 e. The van der Waals surface area contributed by atoms with Crippen LogP contribution < -0.4 is 10.2 Å². The Bertz CT molecular complexity index is 557. The number of ether oxygens (including phenoxy) is 1. The number of guanidine groups is 1. The number of para-hydroxylation sites is 1.